The number of hydrogen-bond acceptors (Lipinski definition) is 3. The first-order chi connectivity index (χ1) is 8.43. The van der Waals surface area contributed by atoms with Gasteiger partial charge in [-0.2, -0.15) is 0 Å². The molecule has 2 atom stereocenters. The van der Waals surface area contributed by atoms with Gasteiger partial charge in [-0.25, -0.2) is 0 Å². The fourth-order valence-electron chi connectivity index (χ4n) is 1.82. The number of ether oxygens (including phenoxy) is 1. The lowest BCUT2D eigenvalue weighted by Gasteiger charge is -2.25. The fourth-order valence-corrected chi connectivity index (χ4v) is 1.82. The van der Waals surface area contributed by atoms with Crippen LogP contribution in [0.3, 0.4) is 0 Å². The smallest absolute Gasteiger partial charge is 0.316 e. The third kappa shape index (κ3) is 3.84. The molecule has 1 aromatic carbocycles. The minimum absolute atomic E-state index is 0.00471. The summed E-state index contributed by atoms with van der Waals surface area (Å²) in [6.45, 7) is 7.40. The molecular formula is C15H22O3. The standard InChI is InChI=1S/C15H22O3/c1-10(2)14(16)13(15(17)18-11(3)4)12-8-6-5-7-9-12/h5-11,13-14,16H,1-4H3/t13-,14+/m0/s1. The summed E-state index contributed by atoms with van der Waals surface area (Å²) >= 11 is 0. The summed E-state index contributed by atoms with van der Waals surface area (Å²) < 4.78 is 5.24. The number of hydrogen-bond donors (Lipinski definition) is 1. The second kappa shape index (κ2) is 6.55. The molecule has 0 aliphatic heterocycles. The predicted octanol–water partition coefficient (Wildman–Crippen LogP) is 2.74. The van der Waals surface area contributed by atoms with Crippen LogP contribution in [0.4, 0.5) is 0 Å². The van der Waals surface area contributed by atoms with Crippen molar-refractivity contribution in [3.8, 4) is 0 Å². The molecule has 0 aliphatic rings. The SMILES string of the molecule is CC(C)OC(=O)[C@@H](c1ccccc1)[C@H](O)C(C)C. The highest BCUT2D eigenvalue weighted by molar-refractivity contribution is 5.79. The maximum absolute atomic E-state index is 12.1. The summed E-state index contributed by atoms with van der Waals surface area (Å²) in [7, 11) is 0. The molecule has 0 aromatic heterocycles. The zero-order valence-electron chi connectivity index (χ0n) is 11.5. The van der Waals surface area contributed by atoms with Crippen LogP contribution in [0.1, 0.15) is 39.2 Å². The highest BCUT2D eigenvalue weighted by atomic mass is 16.5. The second-order valence-electron chi connectivity index (χ2n) is 5.11. The zero-order chi connectivity index (χ0) is 13.7. The number of aliphatic hydroxyl groups is 1. The van der Waals surface area contributed by atoms with Gasteiger partial charge in [-0.3, -0.25) is 4.79 Å². The van der Waals surface area contributed by atoms with Gasteiger partial charge in [0.05, 0.1) is 12.2 Å². The quantitative estimate of drug-likeness (QED) is 0.817. The van der Waals surface area contributed by atoms with Gasteiger partial charge >= 0.3 is 5.97 Å². The molecule has 1 aromatic rings. The van der Waals surface area contributed by atoms with Crippen molar-refractivity contribution in [3.05, 3.63) is 35.9 Å². The first-order valence-electron chi connectivity index (χ1n) is 6.37. The van der Waals surface area contributed by atoms with Gasteiger partial charge in [0.15, 0.2) is 0 Å². The molecule has 0 spiro atoms. The van der Waals surface area contributed by atoms with Crippen LogP contribution in [0.5, 0.6) is 0 Å². The number of aliphatic hydroxyl groups excluding tert-OH is 1. The van der Waals surface area contributed by atoms with E-state index in [0.29, 0.717) is 0 Å². The van der Waals surface area contributed by atoms with E-state index >= 15 is 0 Å². The molecule has 18 heavy (non-hydrogen) atoms. The van der Waals surface area contributed by atoms with E-state index in [2.05, 4.69) is 0 Å². The molecule has 0 heterocycles. The minimum atomic E-state index is -0.737. The molecule has 3 heteroatoms. The summed E-state index contributed by atoms with van der Waals surface area (Å²) in [4.78, 5) is 12.1. The van der Waals surface area contributed by atoms with Crippen molar-refractivity contribution in [2.24, 2.45) is 5.92 Å². The first-order valence-corrected chi connectivity index (χ1v) is 6.37. The lowest BCUT2D eigenvalue weighted by Crippen LogP contribution is -2.32. The lowest BCUT2D eigenvalue weighted by molar-refractivity contribution is -0.153. The van der Waals surface area contributed by atoms with Crippen LogP contribution < -0.4 is 0 Å². The van der Waals surface area contributed by atoms with Crippen LogP contribution in [-0.2, 0) is 9.53 Å². The number of carbonyl (C=O) groups is 1. The molecule has 0 aliphatic carbocycles. The lowest BCUT2D eigenvalue weighted by atomic mass is 9.87. The Morgan fingerprint density at radius 3 is 2.11 bits per heavy atom. The van der Waals surface area contributed by atoms with Crippen LogP contribution in [0.2, 0.25) is 0 Å². The van der Waals surface area contributed by atoms with Crippen molar-refractivity contribution in [3.63, 3.8) is 0 Å². The van der Waals surface area contributed by atoms with E-state index in [-0.39, 0.29) is 18.0 Å². The van der Waals surface area contributed by atoms with Crippen molar-refractivity contribution in [1.29, 1.82) is 0 Å². The van der Waals surface area contributed by atoms with Gasteiger partial charge < -0.3 is 9.84 Å². The Kier molecular flexibility index (Phi) is 5.35. The molecule has 0 amide bonds. The van der Waals surface area contributed by atoms with Gasteiger partial charge in [-0.15, -0.1) is 0 Å². The Labute approximate surface area is 109 Å². The van der Waals surface area contributed by atoms with Gasteiger partial charge in [0.2, 0.25) is 0 Å². The van der Waals surface area contributed by atoms with Crippen molar-refractivity contribution in [2.75, 3.05) is 0 Å². The number of benzene rings is 1. The van der Waals surface area contributed by atoms with Crippen molar-refractivity contribution in [2.45, 2.75) is 45.8 Å². The second-order valence-corrected chi connectivity index (χ2v) is 5.11. The normalized spacial score (nSPS) is 14.6. The third-order valence-electron chi connectivity index (χ3n) is 2.79. The zero-order valence-corrected chi connectivity index (χ0v) is 11.5. The highest BCUT2D eigenvalue weighted by Gasteiger charge is 2.32. The number of esters is 1. The van der Waals surface area contributed by atoms with Crippen molar-refractivity contribution >= 4 is 5.97 Å². The van der Waals surface area contributed by atoms with Crippen LogP contribution in [0.15, 0.2) is 30.3 Å². The minimum Gasteiger partial charge on any atom is -0.462 e. The van der Waals surface area contributed by atoms with E-state index in [1.807, 2.05) is 58.0 Å². The molecule has 0 saturated heterocycles. The highest BCUT2D eigenvalue weighted by Crippen LogP contribution is 2.26. The van der Waals surface area contributed by atoms with Gasteiger partial charge in [-0.1, -0.05) is 44.2 Å². The Hall–Kier alpha value is -1.35. The summed E-state index contributed by atoms with van der Waals surface area (Å²) in [5, 5.41) is 10.2. The van der Waals surface area contributed by atoms with Gasteiger partial charge in [-0.05, 0) is 25.3 Å². The van der Waals surface area contributed by atoms with Crippen LogP contribution >= 0.6 is 0 Å². The molecule has 0 unspecified atom stereocenters. The van der Waals surface area contributed by atoms with E-state index < -0.39 is 12.0 Å². The summed E-state index contributed by atoms with van der Waals surface area (Å²) in [6.07, 6.45) is -0.915. The van der Waals surface area contributed by atoms with Gasteiger partial charge in [0.25, 0.3) is 0 Å². The van der Waals surface area contributed by atoms with Crippen LogP contribution in [0.25, 0.3) is 0 Å². The average Bonchev–Trinajstić information content (AvgIpc) is 2.29. The summed E-state index contributed by atoms with van der Waals surface area (Å²) in [5.74, 6) is -0.985. The molecule has 0 radical (unpaired) electrons. The van der Waals surface area contributed by atoms with E-state index in [4.69, 9.17) is 4.74 Å². The summed E-state index contributed by atoms with van der Waals surface area (Å²) in [5.41, 5.74) is 0.796. The van der Waals surface area contributed by atoms with Gasteiger partial charge in [0.1, 0.15) is 5.92 Å². The maximum atomic E-state index is 12.1. The van der Waals surface area contributed by atoms with Crippen molar-refractivity contribution < 1.29 is 14.6 Å². The summed E-state index contributed by atoms with van der Waals surface area (Å²) in [6, 6.07) is 9.29. The Morgan fingerprint density at radius 1 is 1.11 bits per heavy atom. The third-order valence-corrected chi connectivity index (χ3v) is 2.79. The Balaban J connectivity index is 2.99. The molecule has 0 fully saturated rings. The number of carbonyl (C=O) groups excluding carboxylic acids is 1. The fraction of sp³-hybridized carbons (Fsp3) is 0.533. The Morgan fingerprint density at radius 2 is 1.67 bits per heavy atom. The van der Waals surface area contributed by atoms with Crippen LogP contribution in [0, 0.1) is 5.92 Å². The molecule has 3 nitrogen and oxygen atoms in total. The average molecular weight is 250 g/mol. The topological polar surface area (TPSA) is 46.5 Å². The largest absolute Gasteiger partial charge is 0.462 e. The predicted molar refractivity (Wildman–Crippen MR) is 71.3 cm³/mol. The van der Waals surface area contributed by atoms with Crippen molar-refractivity contribution in [1.82, 2.24) is 0 Å². The van der Waals surface area contributed by atoms with E-state index in [0.717, 1.165) is 5.56 Å². The number of rotatable bonds is 5. The maximum Gasteiger partial charge on any atom is 0.316 e. The Bertz CT molecular complexity index is 371. The molecule has 0 saturated carbocycles. The van der Waals surface area contributed by atoms with Crippen LogP contribution in [-0.4, -0.2) is 23.3 Å². The van der Waals surface area contributed by atoms with E-state index in [9.17, 15) is 9.90 Å². The molecule has 1 N–H and O–H groups in total. The first kappa shape index (κ1) is 14.7. The molecule has 100 valence electrons. The molecule has 0 bridgehead atoms. The van der Waals surface area contributed by atoms with E-state index in [1.165, 1.54) is 0 Å². The van der Waals surface area contributed by atoms with Gasteiger partial charge in [0, 0.05) is 0 Å². The monoisotopic (exact) mass is 250 g/mol. The van der Waals surface area contributed by atoms with E-state index in [1.54, 1.807) is 0 Å². The molecule has 1 rings (SSSR count). The molecular weight excluding hydrogens is 228 g/mol.